The average molecular weight is 424 g/mol. The SMILES string of the molecule is COC(=O)N(CC(=O)O)Cc1ccc(OCCc2nc(-c3ccccc3)oc2C)cc1. The Balaban J connectivity index is 1.54. The number of amides is 1. The standard InChI is InChI=1S/C23H24N2O6/c1-16-20(24-22(31-16)18-6-4-3-5-7-18)12-13-30-19-10-8-17(9-11-19)14-25(15-21(26)27)23(28)29-2/h3-11H,12-15H2,1-2H3,(H,26,27). The van der Waals surface area contributed by atoms with E-state index in [9.17, 15) is 9.59 Å². The molecule has 0 bridgehead atoms. The molecule has 0 spiro atoms. The van der Waals surface area contributed by atoms with Crippen LogP contribution in [0.4, 0.5) is 4.79 Å². The average Bonchev–Trinajstić information content (AvgIpc) is 3.14. The van der Waals surface area contributed by atoms with Crippen LogP contribution < -0.4 is 4.74 Å². The van der Waals surface area contributed by atoms with Gasteiger partial charge in [0, 0.05) is 18.5 Å². The van der Waals surface area contributed by atoms with Gasteiger partial charge in [-0.05, 0) is 36.8 Å². The van der Waals surface area contributed by atoms with E-state index in [1.165, 1.54) is 7.11 Å². The van der Waals surface area contributed by atoms with Crippen molar-refractivity contribution in [1.29, 1.82) is 0 Å². The number of oxazole rings is 1. The van der Waals surface area contributed by atoms with Gasteiger partial charge in [-0.2, -0.15) is 0 Å². The number of aryl methyl sites for hydroxylation is 1. The fourth-order valence-corrected chi connectivity index (χ4v) is 3.02. The highest BCUT2D eigenvalue weighted by Crippen LogP contribution is 2.22. The monoisotopic (exact) mass is 424 g/mol. The van der Waals surface area contributed by atoms with Crippen LogP contribution in [0.3, 0.4) is 0 Å². The summed E-state index contributed by atoms with van der Waals surface area (Å²) in [4.78, 5) is 28.3. The van der Waals surface area contributed by atoms with Gasteiger partial charge in [0.1, 0.15) is 18.1 Å². The van der Waals surface area contributed by atoms with E-state index in [1.807, 2.05) is 37.3 Å². The van der Waals surface area contributed by atoms with Crippen molar-refractivity contribution in [1.82, 2.24) is 9.88 Å². The lowest BCUT2D eigenvalue weighted by Gasteiger charge is -2.19. The molecule has 1 heterocycles. The number of carboxylic acids is 1. The molecule has 3 aromatic rings. The van der Waals surface area contributed by atoms with Crippen molar-refractivity contribution in [2.45, 2.75) is 19.9 Å². The van der Waals surface area contributed by atoms with Gasteiger partial charge in [-0.15, -0.1) is 0 Å². The Morgan fingerprint density at radius 2 is 1.81 bits per heavy atom. The summed E-state index contributed by atoms with van der Waals surface area (Å²) in [5.41, 5.74) is 2.54. The van der Waals surface area contributed by atoms with Crippen molar-refractivity contribution in [3.63, 3.8) is 0 Å². The van der Waals surface area contributed by atoms with Crippen molar-refractivity contribution in [3.05, 3.63) is 71.6 Å². The second-order valence-corrected chi connectivity index (χ2v) is 6.85. The number of rotatable bonds is 9. The number of methoxy groups -OCH3 is 1. The molecule has 0 aliphatic heterocycles. The Kier molecular flexibility index (Phi) is 7.26. The first-order valence-corrected chi connectivity index (χ1v) is 9.74. The molecule has 8 heteroatoms. The minimum Gasteiger partial charge on any atom is -0.493 e. The Hall–Kier alpha value is -3.81. The molecule has 0 aliphatic rings. The Morgan fingerprint density at radius 1 is 1.10 bits per heavy atom. The number of ether oxygens (including phenoxy) is 2. The summed E-state index contributed by atoms with van der Waals surface area (Å²) >= 11 is 0. The second kappa shape index (κ2) is 10.3. The fraction of sp³-hybridized carbons (Fsp3) is 0.261. The van der Waals surface area contributed by atoms with E-state index in [1.54, 1.807) is 24.3 Å². The molecule has 0 aliphatic carbocycles. The molecule has 162 valence electrons. The van der Waals surface area contributed by atoms with Crippen molar-refractivity contribution >= 4 is 12.1 Å². The smallest absolute Gasteiger partial charge is 0.410 e. The molecule has 1 N–H and O–H groups in total. The molecule has 0 fully saturated rings. The normalized spacial score (nSPS) is 10.5. The molecule has 3 rings (SSSR count). The molecule has 0 unspecified atom stereocenters. The van der Waals surface area contributed by atoms with Crippen LogP contribution >= 0.6 is 0 Å². The Bertz CT molecular complexity index is 1010. The molecular formula is C23H24N2O6. The largest absolute Gasteiger partial charge is 0.493 e. The molecule has 0 atom stereocenters. The van der Waals surface area contributed by atoms with Gasteiger partial charge in [0.05, 0.1) is 19.4 Å². The third-order valence-corrected chi connectivity index (χ3v) is 4.58. The van der Waals surface area contributed by atoms with Crippen LogP contribution in [0.15, 0.2) is 59.0 Å². The van der Waals surface area contributed by atoms with Crippen molar-refractivity contribution in [3.8, 4) is 17.2 Å². The molecule has 0 saturated heterocycles. The quantitative estimate of drug-likeness (QED) is 0.555. The van der Waals surface area contributed by atoms with E-state index in [0.29, 0.717) is 24.7 Å². The molecule has 0 saturated carbocycles. The number of aliphatic carboxylic acids is 1. The van der Waals surface area contributed by atoms with Gasteiger partial charge in [-0.25, -0.2) is 9.78 Å². The zero-order valence-electron chi connectivity index (χ0n) is 17.4. The third kappa shape index (κ3) is 6.08. The van der Waals surface area contributed by atoms with Crippen LogP contribution in [-0.2, 0) is 22.5 Å². The minimum absolute atomic E-state index is 0.125. The summed E-state index contributed by atoms with van der Waals surface area (Å²) in [6.07, 6.45) is -0.0980. The summed E-state index contributed by atoms with van der Waals surface area (Å²) in [5.74, 6) is 0.910. The lowest BCUT2D eigenvalue weighted by molar-refractivity contribution is -0.138. The van der Waals surface area contributed by atoms with Gasteiger partial charge in [-0.1, -0.05) is 30.3 Å². The first-order chi connectivity index (χ1) is 15.0. The van der Waals surface area contributed by atoms with E-state index in [2.05, 4.69) is 9.72 Å². The lowest BCUT2D eigenvalue weighted by atomic mass is 10.2. The summed E-state index contributed by atoms with van der Waals surface area (Å²) in [7, 11) is 1.22. The molecule has 0 radical (unpaired) electrons. The predicted octanol–water partition coefficient (Wildman–Crippen LogP) is 3.92. The van der Waals surface area contributed by atoms with Crippen LogP contribution in [0.2, 0.25) is 0 Å². The van der Waals surface area contributed by atoms with Crippen LogP contribution in [-0.4, -0.2) is 47.3 Å². The zero-order chi connectivity index (χ0) is 22.2. The third-order valence-electron chi connectivity index (χ3n) is 4.58. The number of carbonyl (C=O) groups is 2. The molecule has 31 heavy (non-hydrogen) atoms. The van der Waals surface area contributed by atoms with Crippen LogP contribution in [0, 0.1) is 6.92 Å². The van der Waals surface area contributed by atoms with Crippen LogP contribution in [0.5, 0.6) is 5.75 Å². The number of benzene rings is 2. The first-order valence-electron chi connectivity index (χ1n) is 9.74. The van der Waals surface area contributed by atoms with Crippen molar-refractivity contribution in [2.24, 2.45) is 0 Å². The number of carbonyl (C=O) groups excluding carboxylic acids is 1. The van der Waals surface area contributed by atoms with Gasteiger partial charge in [-0.3, -0.25) is 9.69 Å². The van der Waals surface area contributed by atoms with Gasteiger partial charge >= 0.3 is 12.1 Å². The van der Waals surface area contributed by atoms with Gasteiger partial charge in [0.2, 0.25) is 5.89 Å². The summed E-state index contributed by atoms with van der Waals surface area (Å²) in [6, 6.07) is 16.8. The Morgan fingerprint density at radius 3 is 2.45 bits per heavy atom. The second-order valence-electron chi connectivity index (χ2n) is 6.85. The maximum Gasteiger partial charge on any atom is 0.410 e. The van der Waals surface area contributed by atoms with Crippen LogP contribution in [0.25, 0.3) is 11.5 Å². The Labute approximate surface area is 180 Å². The van der Waals surface area contributed by atoms with Gasteiger partial charge in [0.25, 0.3) is 0 Å². The van der Waals surface area contributed by atoms with Crippen molar-refractivity contribution in [2.75, 3.05) is 20.3 Å². The molecule has 8 nitrogen and oxygen atoms in total. The fourth-order valence-electron chi connectivity index (χ4n) is 3.02. The van der Waals surface area contributed by atoms with E-state index in [4.69, 9.17) is 14.3 Å². The topological polar surface area (TPSA) is 102 Å². The molecule has 1 aromatic heterocycles. The van der Waals surface area contributed by atoms with E-state index >= 15 is 0 Å². The first kappa shape index (κ1) is 21.9. The highest BCUT2D eigenvalue weighted by atomic mass is 16.5. The van der Waals surface area contributed by atoms with E-state index in [-0.39, 0.29) is 6.54 Å². The number of aromatic nitrogens is 1. The summed E-state index contributed by atoms with van der Waals surface area (Å²) in [6.45, 7) is 1.99. The van der Waals surface area contributed by atoms with Gasteiger partial charge in [0.15, 0.2) is 0 Å². The predicted molar refractivity (Wildman–Crippen MR) is 113 cm³/mol. The summed E-state index contributed by atoms with van der Waals surface area (Å²) in [5, 5.41) is 8.95. The van der Waals surface area contributed by atoms with Gasteiger partial charge < -0.3 is 19.0 Å². The molecular weight excluding hydrogens is 400 g/mol. The van der Waals surface area contributed by atoms with Crippen molar-refractivity contribution < 1.29 is 28.6 Å². The minimum atomic E-state index is -1.11. The molecule has 1 amide bonds. The molecule has 2 aromatic carbocycles. The number of hydrogen-bond donors (Lipinski definition) is 1. The maximum absolute atomic E-state index is 11.7. The summed E-state index contributed by atoms with van der Waals surface area (Å²) < 4.78 is 16.2. The van der Waals surface area contributed by atoms with Crippen LogP contribution in [0.1, 0.15) is 17.0 Å². The number of hydrogen-bond acceptors (Lipinski definition) is 6. The zero-order valence-corrected chi connectivity index (χ0v) is 17.4. The lowest BCUT2D eigenvalue weighted by Crippen LogP contribution is -2.35. The number of nitrogens with zero attached hydrogens (tertiary/aromatic N) is 2. The van der Waals surface area contributed by atoms with E-state index in [0.717, 1.165) is 27.5 Å². The highest BCUT2D eigenvalue weighted by molar-refractivity contribution is 5.76. The van der Waals surface area contributed by atoms with E-state index < -0.39 is 18.6 Å². The number of carboxylic acid groups (broad SMARTS) is 1. The maximum atomic E-state index is 11.7. The highest BCUT2D eigenvalue weighted by Gasteiger charge is 2.17.